The lowest BCUT2D eigenvalue weighted by Crippen LogP contribution is -2.11. The van der Waals surface area contributed by atoms with Crippen LogP contribution in [0, 0.1) is 0 Å². The zero-order chi connectivity index (χ0) is 21.3. The summed E-state index contributed by atoms with van der Waals surface area (Å²) in [7, 11) is 0. The van der Waals surface area contributed by atoms with Crippen molar-refractivity contribution >= 4 is 11.6 Å². The van der Waals surface area contributed by atoms with Crippen LogP contribution in [0.4, 0.5) is 5.69 Å². The van der Waals surface area contributed by atoms with E-state index in [1.165, 1.54) is 0 Å². The molecule has 4 nitrogen and oxygen atoms in total. The fraction of sp³-hybridized carbons (Fsp3) is 0.0741. The number of amides is 1. The van der Waals surface area contributed by atoms with Gasteiger partial charge in [0.1, 0.15) is 24.7 Å². The number of benzene rings is 4. The van der Waals surface area contributed by atoms with Crippen LogP contribution >= 0.6 is 0 Å². The van der Waals surface area contributed by atoms with Crippen molar-refractivity contribution in [2.45, 2.75) is 13.2 Å². The van der Waals surface area contributed by atoms with Crippen molar-refractivity contribution in [3.8, 4) is 11.5 Å². The van der Waals surface area contributed by atoms with Gasteiger partial charge in [0.2, 0.25) is 0 Å². The van der Waals surface area contributed by atoms with E-state index in [0.717, 1.165) is 16.9 Å². The summed E-state index contributed by atoms with van der Waals surface area (Å²) < 4.78 is 11.6. The number of nitrogens with one attached hydrogen (secondary N) is 1. The first-order chi connectivity index (χ1) is 15.3. The highest BCUT2D eigenvalue weighted by Gasteiger charge is 2.07. The molecule has 0 aliphatic heterocycles. The van der Waals surface area contributed by atoms with Crippen LogP contribution in [0.25, 0.3) is 0 Å². The fourth-order valence-corrected chi connectivity index (χ4v) is 3.05. The SMILES string of the molecule is O=C(Nc1cccc(OCc2ccccc2)c1)c1ccc(OCc2ccccc2)cc1. The van der Waals surface area contributed by atoms with E-state index in [0.29, 0.717) is 30.2 Å². The van der Waals surface area contributed by atoms with Crippen LogP contribution < -0.4 is 14.8 Å². The third-order valence-corrected chi connectivity index (χ3v) is 4.71. The monoisotopic (exact) mass is 409 g/mol. The highest BCUT2D eigenvalue weighted by molar-refractivity contribution is 6.04. The van der Waals surface area contributed by atoms with E-state index in [9.17, 15) is 4.79 Å². The van der Waals surface area contributed by atoms with E-state index >= 15 is 0 Å². The van der Waals surface area contributed by atoms with Crippen molar-refractivity contribution in [3.63, 3.8) is 0 Å². The first-order valence-electron chi connectivity index (χ1n) is 10.1. The summed E-state index contributed by atoms with van der Waals surface area (Å²) in [4.78, 5) is 12.6. The molecule has 0 bridgehead atoms. The lowest BCUT2D eigenvalue weighted by atomic mass is 10.2. The zero-order valence-corrected chi connectivity index (χ0v) is 17.0. The molecule has 0 spiro atoms. The summed E-state index contributed by atoms with van der Waals surface area (Å²) in [6.07, 6.45) is 0. The summed E-state index contributed by atoms with van der Waals surface area (Å²) in [5.41, 5.74) is 3.42. The van der Waals surface area contributed by atoms with E-state index in [4.69, 9.17) is 9.47 Å². The normalized spacial score (nSPS) is 10.3. The zero-order valence-electron chi connectivity index (χ0n) is 17.0. The molecule has 4 rings (SSSR count). The molecule has 31 heavy (non-hydrogen) atoms. The minimum atomic E-state index is -0.185. The molecule has 0 fully saturated rings. The van der Waals surface area contributed by atoms with Crippen molar-refractivity contribution < 1.29 is 14.3 Å². The summed E-state index contributed by atoms with van der Waals surface area (Å²) in [6, 6.07) is 34.4. The van der Waals surface area contributed by atoms with Gasteiger partial charge in [-0.3, -0.25) is 4.79 Å². The van der Waals surface area contributed by atoms with E-state index in [1.54, 1.807) is 24.3 Å². The van der Waals surface area contributed by atoms with Crippen molar-refractivity contribution in [1.82, 2.24) is 0 Å². The van der Waals surface area contributed by atoms with E-state index in [2.05, 4.69) is 5.32 Å². The Morgan fingerprint density at radius 1 is 0.613 bits per heavy atom. The maximum absolute atomic E-state index is 12.6. The van der Waals surface area contributed by atoms with Crippen molar-refractivity contribution in [3.05, 3.63) is 126 Å². The Morgan fingerprint density at radius 2 is 1.19 bits per heavy atom. The average molecular weight is 409 g/mol. The van der Waals surface area contributed by atoms with Gasteiger partial charge < -0.3 is 14.8 Å². The number of carbonyl (C=O) groups excluding carboxylic acids is 1. The maximum atomic E-state index is 12.6. The van der Waals surface area contributed by atoms with Crippen molar-refractivity contribution in [1.29, 1.82) is 0 Å². The van der Waals surface area contributed by atoms with E-state index in [1.807, 2.05) is 84.9 Å². The van der Waals surface area contributed by atoms with E-state index < -0.39 is 0 Å². The Bertz CT molecular complexity index is 1110. The second-order valence-corrected chi connectivity index (χ2v) is 7.05. The topological polar surface area (TPSA) is 47.6 Å². The standard InChI is InChI=1S/C27H23NO3/c29-27(23-14-16-25(17-15-23)30-19-21-8-3-1-4-9-21)28-24-12-7-13-26(18-24)31-20-22-10-5-2-6-11-22/h1-18H,19-20H2,(H,28,29). The molecule has 0 aliphatic carbocycles. The predicted octanol–water partition coefficient (Wildman–Crippen LogP) is 6.10. The molecule has 154 valence electrons. The molecule has 0 aliphatic rings. The second-order valence-electron chi connectivity index (χ2n) is 7.05. The van der Waals surface area contributed by atoms with Gasteiger partial charge in [-0.15, -0.1) is 0 Å². The molecular formula is C27H23NO3. The molecule has 0 aromatic heterocycles. The number of hydrogen-bond donors (Lipinski definition) is 1. The number of ether oxygens (including phenoxy) is 2. The Morgan fingerprint density at radius 3 is 1.81 bits per heavy atom. The minimum absolute atomic E-state index is 0.185. The second kappa shape index (κ2) is 10.1. The molecule has 4 heteroatoms. The highest BCUT2D eigenvalue weighted by Crippen LogP contribution is 2.20. The van der Waals surface area contributed by atoms with Crippen LogP contribution in [-0.4, -0.2) is 5.91 Å². The smallest absolute Gasteiger partial charge is 0.255 e. The number of carbonyl (C=O) groups is 1. The lowest BCUT2D eigenvalue weighted by Gasteiger charge is -2.10. The first-order valence-corrected chi connectivity index (χ1v) is 10.1. The third kappa shape index (κ3) is 5.97. The van der Waals surface area contributed by atoms with Crippen LogP contribution in [-0.2, 0) is 13.2 Å². The Labute approximate surface area is 182 Å². The lowest BCUT2D eigenvalue weighted by molar-refractivity contribution is 0.102. The van der Waals surface area contributed by atoms with Gasteiger partial charge in [0.05, 0.1) is 0 Å². The van der Waals surface area contributed by atoms with Gasteiger partial charge in [-0.2, -0.15) is 0 Å². The Hall–Kier alpha value is -4.05. The average Bonchev–Trinajstić information content (AvgIpc) is 2.83. The Balaban J connectivity index is 1.32. The maximum Gasteiger partial charge on any atom is 0.255 e. The Kier molecular flexibility index (Phi) is 6.61. The molecule has 4 aromatic rings. The van der Waals surface area contributed by atoms with Crippen LogP contribution in [0.5, 0.6) is 11.5 Å². The summed E-state index contributed by atoms with van der Waals surface area (Å²) >= 11 is 0. The van der Waals surface area contributed by atoms with Gasteiger partial charge in [0, 0.05) is 17.3 Å². The largest absolute Gasteiger partial charge is 0.489 e. The minimum Gasteiger partial charge on any atom is -0.489 e. The van der Waals surface area contributed by atoms with Crippen molar-refractivity contribution in [2.24, 2.45) is 0 Å². The molecule has 0 unspecified atom stereocenters. The van der Waals surface area contributed by atoms with E-state index in [-0.39, 0.29) is 5.91 Å². The van der Waals surface area contributed by atoms with Gasteiger partial charge in [-0.25, -0.2) is 0 Å². The van der Waals surface area contributed by atoms with Crippen LogP contribution in [0.3, 0.4) is 0 Å². The molecule has 0 radical (unpaired) electrons. The number of anilines is 1. The van der Waals surface area contributed by atoms with Gasteiger partial charge in [-0.05, 0) is 47.5 Å². The van der Waals surface area contributed by atoms with Crippen LogP contribution in [0.2, 0.25) is 0 Å². The molecule has 4 aromatic carbocycles. The van der Waals surface area contributed by atoms with Gasteiger partial charge in [0.15, 0.2) is 0 Å². The summed E-state index contributed by atoms with van der Waals surface area (Å²) in [5.74, 6) is 1.23. The third-order valence-electron chi connectivity index (χ3n) is 4.71. The fourth-order valence-electron chi connectivity index (χ4n) is 3.05. The molecule has 1 amide bonds. The molecular weight excluding hydrogens is 386 g/mol. The first kappa shape index (κ1) is 20.2. The molecule has 0 saturated heterocycles. The molecule has 0 saturated carbocycles. The number of rotatable bonds is 8. The number of hydrogen-bond acceptors (Lipinski definition) is 3. The molecule has 0 atom stereocenters. The molecule has 0 heterocycles. The highest BCUT2D eigenvalue weighted by atomic mass is 16.5. The van der Waals surface area contributed by atoms with Crippen molar-refractivity contribution in [2.75, 3.05) is 5.32 Å². The molecule has 1 N–H and O–H groups in total. The van der Waals surface area contributed by atoms with Gasteiger partial charge in [0.25, 0.3) is 5.91 Å². The van der Waals surface area contributed by atoms with Gasteiger partial charge in [-0.1, -0.05) is 66.7 Å². The predicted molar refractivity (Wildman–Crippen MR) is 122 cm³/mol. The summed E-state index contributed by atoms with van der Waals surface area (Å²) in [6.45, 7) is 0.963. The van der Waals surface area contributed by atoms with Crippen LogP contribution in [0.15, 0.2) is 109 Å². The summed E-state index contributed by atoms with van der Waals surface area (Å²) in [5, 5.41) is 2.91. The van der Waals surface area contributed by atoms with Gasteiger partial charge >= 0.3 is 0 Å². The quantitative estimate of drug-likeness (QED) is 0.383. The van der Waals surface area contributed by atoms with Crippen LogP contribution in [0.1, 0.15) is 21.5 Å².